The molecule has 0 aliphatic rings. The molecule has 1 aromatic carbocycles. The molecule has 2 N–H and O–H groups in total. The number of aromatic amines is 1. The fourth-order valence-electron chi connectivity index (χ4n) is 2.03. The normalized spacial score (nSPS) is 10.6. The predicted octanol–water partition coefficient (Wildman–Crippen LogP) is 3.12. The molecule has 0 radical (unpaired) electrons. The lowest BCUT2D eigenvalue weighted by Gasteiger charge is -2.07. The maximum atomic E-state index is 12.2. The van der Waals surface area contributed by atoms with E-state index in [1.54, 1.807) is 6.20 Å². The first-order valence-electron chi connectivity index (χ1n) is 6.04. The van der Waals surface area contributed by atoms with E-state index in [1.165, 1.54) is 0 Å². The Hall–Kier alpha value is -2.62. The first-order valence-corrected chi connectivity index (χ1v) is 6.04. The minimum absolute atomic E-state index is 0.116. The van der Waals surface area contributed by atoms with Crippen molar-refractivity contribution in [3.8, 4) is 0 Å². The van der Waals surface area contributed by atoms with Gasteiger partial charge < -0.3 is 10.3 Å². The lowest BCUT2D eigenvalue weighted by molar-refractivity contribution is 0.102. The minimum Gasteiger partial charge on any atom is -0.346 e. The molecule has 0 spiro atoms. The van der Waals surface area contributed by atoms with E-state index in [0.29, 0.717) is 11.3 Å². The molecule has 0 unspecified atom stereocenters. The second-order valence-corrected chi connectivity index (χ2v) is 4.41. The lowest BCUT2D eigenvalue weighted by atomic mass is 10.1. The predicted molar refractivity (Wildman–Crippen MR) is 75.2 cm³/mol. The van der Waals surface area contributed by atoms with E-state index in [2.05, 4.69) is 15.3 Å². The minimum atomic E-state index is -0.116. The van der Waals surface area contributed by atoms with Gasteiger partial charge in [0, 0.05) is 17.1 Å². The molecule has 0 atom stereocenters. The van der Waals surface area contributed by atoms with Crippen molar-refractivity contribution < 1.29 is 4.79 Å². The fraction of sp³-hybridized carbons (Fsp3) is 0.0667. The Balaban J connectivity index is 1.88. The number of pyridine rings is 1. The third-order valence-corrected chi connectivity index (χ3v) is 3.05. The van der Waals surface area contributed by atoms with Crippen LogP contribution in [-0.4, -0.2) is 15.9 Å². The van der Waals surface area contributed by atoms with Crippen LogP contribution >= 0.6 is 0 Å². The number of hydrogen-bond acceptors (Lipinski definition) is 2. The van der Waals surface area contributed by atoms with Gasteiger partial charge in [0.25, 0.3) is 5.91 Å². The lowest BCUT2D eigenvalue weighted by Crippen LogP contribution is -2.13. The van der Waals surface area contributed by atoms with Gasteiger partial charge in [0.1, 0.15) is 5.65 Å². The molecule has 0 aliphatic heterocycles. The summed E-state index contributed by atoms with van der Waals surface area (Å²) in [6.45, 7) is 1.92. The van der Waals surface area contributed by atoms with Crippen molar-refractivity contribution >= 4 is 22.6 Å². The second-order valence-electron chi connectivity index (χ2n) is 4.41. The Bertz CT molecular complexity index is 746. The van der Waals surface area contributed by atoms with Gasteiger partial charge in [-0.05, 0) is 30.7 Å². The number of aromatic nitrogens is 2. The highest BCUT2D eigenvalue weighted by molar-refractivity contribution is 6.05. The van der Waals surface area contributed by atoms with Gasteiger partial charge in [0.2, 0.25) is 0 Å². The zero-order valence-corrected chi connectivity index (χ0v) is 10.5. The molecule has 2 heterocycles. The van der Waals surface area contributed by atoms with Crippen LogP contribution in [0.1, 0.15) is 15.9 Å². The van der Waals surface area contributed by atoms with E-state index in [4.69, 9.17) is 0 Å². The van der Waals surface area contributed by atoms with E-state index in [1.807, 2.05) is 49.5 Å². The topological polar surface area (TPSA) is 57.8 Å². The van der Waals surface area contributed by atoms with Crippen LogP contribution < -0.4 is 5.32 Å². The summed E-state index contributed by atoms with van der Waals surface area (Å²) in [6.07, 6.45) is 3.47. The van der Waals surface area contributed by atoms with E-state index in [9.17, 15) is 4.79 Å². The monoisotopic (exact) mass is 251 g/mol. The molecule has 3 aromatic rings. The Kier molecular flexibility index (Phi) is 2.76. The average Bonchev–Trinajstić information content (AvgIpc) is 2.86. The largest absolute Gasteiger partial charge is 0.346 e. The molecule has 0 bridgehead atoms. The van der Waals surface area contributed by atoms with Crippen molar-refractivity contribution in [2.24, 2.45) is 0 Å². The standard InChI is InChI=1S/C15H13N3O/c1-10-4-2-3-5-13(10)15(19)18-12-8-11-6-7-16-14(11)17-9-12/h2-9H,1H3,(H,16,17)(H,18,19). The first-order chi connectivity index (χ1) is 9.24. The van der Waals surface area contributed by atoms with Crippen LogP contribution in [0.25, 0.3) is 11.0 Å². The van der Waals surface area contributed by atoms with Crippen molar-refractivity contribution in [2.75, 3.05) is 5.32 Å². The third kappa shape index (κ3) is 2.20. The summed E-state index contributed by atoms with van der Waals surface area (Å²) < 4.78 is 0. The van der Waals surface area contributed by atoms with Crippen LogP contribution in [-0.2, 0) is 0 Å². The van der Waals surface area contributed by atoms with Gasteiger partial charge in [-0.2, -0.15) is 0 Å². The van der Waals surface area contributed by atoms with Crippen LogP contribution in [0, 0.1) is 6.92 Å². The average molecular weight is 251 g/mol. The molecule has 19 heavy (non-hydrogen) atoms. The van der Waals surface area contributed by atoms with Gasteiger partial charge in [-0.15, -0.1) is 0 Å². The highest BCUT2D eigenvalue weighted by Gasteiger charge is 2.09. The fourth-order valence-corrected chi connectivity index (χ4v) is 2.03. The number of nitrogens with one attached hydrogen (secondary N) is 2. The van der Waals surface area contributed by atoms with Gasteiger partial charge in [0.05, 0.1) is 11.9 Å². The van der Waals surface area contributed by atoms with Crippen LogP contribution in [0.3, 0.4) is 0 Å². The molecule has 0 saturated heterocycles. The van der Waals surface area contributed by atoms with Crippen LogP contribution in [0.2, 0.25) is 0 Å². The Morgan fingerprint density at radius 3 is 2.95 bits per heavy atom. The van der Waals surface area contributed by atoms with Crippen LogP contribution in [0.4, 0.5) is 5.69 Å². The molecule has 3 rings (SSSR count). The molecule has 4 heteroatoms. The van der Waals surface area contributed by atoms with Gasteiger partial charge in [-0.1, -0.05) is 18.2 Å². The second kappa shape index (κ2) is 4.57. The summed E-state index contributed by atoms with van der Waals surface area (Å²) in [5.74, 6) is -0.116. The van der Waals surface area contributed by atoms with E-state index < -0.39 is 0 Å². The number of anilines is 1. The maximum absolute atomic E-state index is 12.2. The first kappa shape index (κ1) is 11.5. The van der Waals surface area contributed by atoms with Crippen molar-refractivity contribution in [3.63, 3.8) is 0 Å². The Morgan fingerprint density at radius 1 is 1.26 bits per heavy atom. The van der Waals surface area contributed by atoms with E-state index in [0.717, 1.165) is 16.6 Å². The van der Waals surface area contributed by atoms with Crippen molar-refractivity contribution in [1.29, 1.82) is 0 Å². The summed E-state index contributed by atoms with van der Waals surface area (Å²) in [5.41, 5.74) is 3.14. The van der Waals surface area contributed by atoms with Crippen LogP contribution in [0.15, 0.2) is 48.8 Å². The molecule has 0 fully saturated rings. The quantitative estimate of drug-likeness (QED) is 0.735. The summed E-state index contributed by atoms with van der Waals surface area (Å²) in [5, 5.41) is 3.84. The summed E-state index contributed by atoms with van der Waals surface area (Å²) in [7, 11) is 0. The number of H-pyrrole nitrogens is 1. The number of fused-ring (bicyclic) bond motifs is 1. The molecule has 2 aromatic heterocycles. The molecule has 94 valence electrons. The number of carbonyl (C=O) groups excluding carboxylic acids is 1. The number of nitrogens with zero attached hydrogens (tertiary/aromatic N) is 1. The highest BCUT2D eigenvalue weighted by Crippen LogP contribution is 2.16. The smallest absolute Gasteiger partial charge is 0.255 e. The number of hydrogen-bond donors (Lipinski definition) is 2. The SMILES string of the molecule is Cc1ccccc1C(=O)Nc1cnc2[nH]ccc2c1. The summed E-state index contributed by atoms with van der Waals surface area (Å²) in [6, 6.07) is 11.3. The number of carbonyl (C=O) groups is 1. The van der Waals surface area contributed by atoms with Gasteiger partial charge in [-0.25, -0.2) is 4.98 Å². The molecule has 1 amide bonds. The molecular formula is C15H13N3O. The van der Waals surface area contributed by atoms with E-state index in [-0.39, 0.29) is 5.91 Å². The zero-order valence-electron chi connectivity index (χ0n) is 10.5. The zero-order chi connectivity index (χ0) is 13.2. The van der Waals surface area contributed by atoms with Gasteiger partial charge in [0.15, 0.2) is 0 Å². The Labute approximate surface area is 110 Å². The summed E-state index contributed by atoms with van der Waals surface area (Å²) in [4.78, 5) is 19.4. The molecular weight excluding hydrogens is 238 g/mol. The number of aryl methyl sites for hydroxylation is 1. The maximum Gasteiger partial charge on any atom is 0.255 e. The van der Waals surface area contributed by atoms with Crippen LogP contribution in [0.5, 0.6) is 0 Å². The van der Waals surface area contributed by atoms with Gasteiger partial charge >= 0.3 is 0 Å². The van der Waals surface area contributed by atoms with Crippen molar-refractivity contribution in [3.05, 3.63) is 59.9 Å². The molecule has 0 saturated carbocycles. The molecule has 0 aliphatic carbocycles. The van der Waals surface area contributed by atoms with E-state index >= 15 is 0 Å². The number of benzene rings is 1. The van der Waals surface area contributed by atoms with Gasteiger partial charge in [-0.3, -0.25) is 4.79 Å². The highest BCUT2D eigenvalue weighted by atomic mass is 16.1. The number of rotatable bonds is 2. The van der Waals surface area contributed by atoms with Crippen molar-refractivity contribution in [1.82, 2.24) is 9.97 Å². The Morgan fingerprint density at radius 2 is 2.11 bits per heavy atom. The molecule has 4 nitrogen and oxygen atoms in total. The van der Waals surface area contributed by atoms with Crippen molar-refractivity contribution in [2.45, 2.75) is 6.92 Å². The number of amides is 1. The summed E-state index contributed by atoms with van der Waals surface area (Å²) >= 11 is 0. The third-order valence-electron chi connectivity index (χ3n) is 3.05.